The second-order valence-corrected chi connectivity index (χ2v) is 3.08. The van der Waals surface area contributed by atoms with E-state index in [0.717, 1.165) is 0 Å². The van der Waals surface area contributed by atoms with Gasteiger partial charge in [-0.3, -0.25) is 0 Å². The van der Waals surface area contributed by atoms with Gasteiger partial charge in [-0.1, -0.05) is 0 Å². The molecule has 0 aromatic rings. The molecule has 1 aliphatic rings. The standard InChI is InChI=1S/C7H14O6/c8-1-3-5(10)4(2-9)13-7(12)6(3)11/h3-12H,1-2H2/i1-1. The highest BCUT2D eigenvalue weighted by atomic mass is 16.6. The molecule has 0 spiro atoms. The maximum atomic E-state index is 9.40. The van der Waals surface area contributed by atoms with Crippen molar-refractivity contribution in [2.24, 2.45) is 5.92 Å². The Balaban J connectivity index is 2.69. The molecule has 1 rings (SSSR count). The number of rotatable bonds is 2. The highest BCUT2D eigenvalue weighted by molar-refractivity contribution is 4.87. The zero-order valence-corrected chi connectivity index (χ0v) is 6.95. The molecule has 1 heterocycles. The van der Waals surface area contributed by atoms with Gasteiger partial charge in [0.05, 0.1) is 19.3 Å². The molecule has 0 radical (unpaired) electrons. The van der Waals surface area contributed by atoms with Crippen molar-refractivity contribution in [2.75, 3.05) is 13.2 Å². The van der Waals surface area contributed by atoms with Crippen LogP contribution >= 0.6 is 0 Å². The fourth-order valence-electron chi connectivity index (χ4n) is 1.40. The second-order valence-electron chi connectivity index (χ2n) is 3.08. The summed E-state index contributed by atoms with van der Waals surface area (Å²) in [7, 11) is 0. The Morgan fingerprint density at radius 3 is 2.00 bits per heavy atom. The van der Waals surface area contributed by atoms with E-state index >= 15 is 0 Å². The summed E-state index contributed by atoms with van der Waals surface area (Å²) in [5.74, 6) is -0.888. The van der Waals surface area contributed by atoms with E-state index in [2.05, 4.69) is 4.74 Å². The Labute approximate surface area is 75.0 Å². The molecule has 0 bridgehead atoms. The van der Waals surface area contributed by atoms with Crippen LogP contribution in [0.4, 0.5) is 0 Å². The average molecular weight is 193 g/mol. The summed E-state index contributed by atoms with van der Waals surface area (Å²) in [5.41, 5.74) is 0. The molecule has 0 aromatic carbocycles. The van der Waals surface area contributed by atoms with E-state index in [0.29, 0.717) is 0 Å². The van der Waals surface area contributed by atoms with Crippen LogP contribution in [0.15, 0.2) is 0 Å². The molecule has 0 aromatic heterocycles. The maximum absolute atomic E-state index is 9.40. The van der Waals surface area contributed by atoms with Crippen LogP contribution in [0.3, 0.4) is 0 Å². The quantitative estimate of drug-likeness (QED) is 0.320. The van der Waals surface area contributed by atoms with Gasteiger partial charge in [-0.15, -0.1) is 0 Å². The van der Waals surface area contributed by atoms with Crippen LogP contribution in [0.25, 0.3) is 0 Å². The lowest BCUT2D eigenvalue weighted by molar-refractivity contribution is -0.277. The zero-order valence-electron chi connectivity index (χ0n) is 6.95. The van der Waals surface area contributed by atoms with E-state index in [1.165, 1.54) is 0 Å². The molecule has 0 saturated carbocycles. The molecule has 1 aliphatic heterocycles. The van der Waals surface area contributed by atoms with Gasteiger partial charge < -0.3 is 30.3 Å². The number of ether oxygens (including phenoxy) is 1. The monoisotopic (exact) mass is 193 g/mol. The third-order valence-electron chi connectivity index (χ3n) is 2.26. The Kier molecular flexibility index (Phi) is 3.60. The minimum atomic E-state index is -1.47. The Morgan fingerprint density at radius 1 is 0.923 bits per heavy atom. The van der Waals surface area contributed by atoms with E-state index in [1.807, 2.05) is 0 Å². The first-order chi connectivity index (χ1) is 6.11. The highest BCUT2D eigenvalue weighted by Gasteiger charge is 2.42. The molecule has 0 aliphatic carbocycles. The van der Waals surface area contributed by atoms with Crippen LogP contribution in [0.5, 0.6) is 0 Å². The van der Waals surface area contributed by atoms with Crippen LogP contribution < -0.4 is 0 Å². The summed E-state index contributed by atoms with van der Waals surface area (Å²) >= 11 is 0. The smallest absolute Gasteiger partial charge is 0.181 e. The van der Waals surface area contributed by atoms with E-state index in [4.69, 9.17) is 15.3 Å². The number of hydrogen-bond acceptors (Lipinski definition) is 6. The highest BCUT2D eigenvalue weighted by Crippen LogP contribution is 2.24. The SMILES string of the molecule is OCC1OC(O)C(O)C([11CH2]O)C1O. The predicted octanol–water partition coefficient (Wildman–Crippen LogP) is -2.97. The van der Waals surface area contributed by atoms with E-state index in [1.54, 1.807) is 0 Å². The van der Waals surface area contributed by atoms with Crippen molar-refractivity contribution in [3.63, 3.8) is 0 Å². The Bertz CT molecular complexity index is 163. The van der Waals surface area contributed by atoms with Gasteiger partial charge in [0.25, 0.3) is 0 Å². The van der Waals surface area contributed by atoms with Crippen molar-refractivity contribution >= 4 is 0 Å². The fraction of sp³-hybridized carbons (Fsp3) is 1.00. The lowest BCUT2D eigenvalue weighted by Crippen LogP contribution is -2.56. The van der Waals surface area contributed by atoms with Gasteiger partial charge >= 0.3 is 0 Å². The molecule has 6 nitrogen and oxygen atoms in total. The van der Waals surface area contributed by atoms with Crippen molar-refractivity contribution in [1.29, 1.82) is 0 Å². The molecular formula is C7H14O6. The Morgan fingerprint density at radius 2 is 1.54 bits per heavy atom. The van der Waals surface area contributed by atoms with E-state index < -0.39 is 43.7 Å². The largest absolute Gasteiger partial charge is 0.396 e. The number of aliphatic hydroxyl groups is 5. The summed E-state index contributed by atoms with van der Waals surface area (Å²) in [6.45, 7) is -0.944. The van der Waals surface area contributed by atoms with Gasteiger partial charge in [0, 0.05) is 5.92 Å². The topological polar surface area (TPSA) is 110 Å². The predicted molar refractivity (Wildman–Crippen MR) is 40.6 cm³/mol. The van der Waals surface area contributed by atoms with Crippen molar-refractivity contribution in [3.8, 4) is 0 Å². The molecule has 1 fully saturated rings. The summed E-state index contributed by atoms with van der Waals surface area (Å²) in [4.78, 5) is 0. The second kappa shape index (κ2) is 4.32. The molecule has 78 valence electrons. The zero-order chi connectivity index (χ0) is 10.0. The minimum absolute atomic E-state index is 0.471. The Hall–Kier alpha value is -0.240. The van der Waals surface area contributed by atoms with Crippen LogP contribution in [0.1, 0.15) is 0 Å². The van der Waals surface area contributed by atoms with Gasteiger partial charge in [-0.2, -0.15) is 0 Å². The van der Waals surface area contributed by atoms with Crippen LogP contribution in [-0.2, 0) is 4.74 Å². The van der Waals surface area contributed by atoms with Gasteiger partial charge in [-0.05, 0) is 0 Å². The first kappa shape index (κ1) is 10.8. The van der Waals surface area contributed by atoms with Crippen LogP contribution in [-0.4, -0.2) is 63.3 Å². The first-order valence-corrected chi connectivity index (χ1v) is 4.03. The van der Waals surface area contributed by atoms with Crippen molar-refractivity contribution < 1.29 is 30.3 Å². The van der Waals surface area contributed by atoms with Crippen LogP contribution in [0, 0.1) is 5.92 Å². The van der Waals surface area contributed by atoms with Crippen LogP contribution in [0.2, 0.25) is 0 Å². The molecule has 13 heavy (non-hydrogen) atoms. The molecule has 5 unspecified atom stereocenters. The summed E-state index contributed by atoms with van der Waals surface area (Å²) in [5, 5.41) is 45.3. The average Bonchev–Trinajstić information content (AvgIpc) is 2.12. The summed E-state index contributed by atoms with van der Waals surface area (Å²) in [6.07, 6.45) is -4.94. The lowest BCUT2D eigenvalue weighted by atomic mass is 9.75. The minimum Gasteiger partial charge on any atom is -0.396 e. The lowest BCUT2D eigenvalue weighted by Gasteiger charge is -2.39. The fourth-order valence-corrected chi connectivity index (χ4v) is 1.40. The summed E-state index contributed by atoms with van der Waals surface area (Å²) < 4.78 is 4.69. The van der Waals surface area contributed by atoms with Crippen molar-refractivity contribution in [1.82, 2.24) is 0 Å². The molecule has 5 atom stereocenters. The van der Waals surface area contributed by atoms with E-state index in [9.17, 15) is 10.2 Å². The van der Waals surface area contributed by atoms with E-state index in [-0.39, 0.29) is 0 Å². The van der Waals surface area contributed by atoms with Crippen molar-refractivity contribution in [2.45, 2.75) is 24.6 Å². The molecule has 6 heteroatoms. The number of aliphatic hydroxyl groups excluding tert-OH is 5. The third kappa shape index (κ3) is 1.98. The molecule has 0 amide bonds. The first-order valence-electron chi connectivity index (χ1n) is 4.03. The molecular weight excluding hydrogens is 179 g/mol. The normalized spacial score (nSPS) is 46.4. The van der Waals surface area contributed by atoms with Gasteiger partial charge in [0.15, 0.2) is 6.29 Å². The van der Waals surface area contributed by atoms with Gasteiger partial charge in [0.2, 0.25) is 0 Å². The summed E-state index contributed by atoms with van der Waals surface area (Å²) in [6, 6.07) is 0. The van der Waals surface area contributed by atoms with Gasteiger partial charge in [0.1, 0.15) is 12.2 Å². The number of hydrogen-bond donors (Lipinski definition) is 5. The molecule has 1 saturated heterocycles. The third-order valence-corrected chi connectivity index (χ3v) is 2.26. The van der Waals surface area contributed by atoms with Gasteiger partial charge in [-0.25, -0.2) is 0 Å². The maximum Gasteiger partial charge on any atom is 0.181 e. The molecule has 5 N–H and O–H groups in total. The van der Waals surface area contributed by atoms with Crippen molar-refractivity contribution in [3.05, 3.63) is 0 Å².